The predicted molar refractivity (Wildman–Crippen MR) is 100 cm³/mol. The first-order valence-electron chi connectivity index (χ1n) is 9.02. The molecule has 1 aliphatic carbocycles. The molecule has 1 atom stereocenters. The van der Waals surface area contributed by atoms with Crippen molar-refractivity contribution in [2.75, 3.05) is 5.32 Å². The Morgan fingerprint density at radius 1 is 1.32 bits per heavy atom. The van der Waals surface area contributed by atoms with Crippen LogP contribution in [0.5, 0.6) is 0 Å². The van der Waals surface area contributed by atoms with Gasteiger partial charge < -0.3 is 15.5 Å². The maximum atomic E-state index is 14.3. The second-order valence-corrected chi connectivity index (χ2v) is 7.58. The molecule has 1 aliphatic rings. The number of primary amides is 1. The minimum atomic E-state index is -0.638. The van der Waals surface area contributed by atoms with E-state index < -0.39 is 23.5 Å². The molecule has 28 heavy (non-hydrogen) atoms. The van der Waals surface area contributed by atoms with E-state index in [1.165, 1.54) is 0 Å². The molecule has 0 bridgehead atoms. The number of carbonyl (C=O) groups is 1. The van der Waals surface area contributed by atoms with Crippen molar-refractivity contribution in [3.05, 3.63) is 52.5 Å². The fourth-order valence-electron chi connectivity index (χ4n) is 3.29. The fourth-order valence-corrected chi connectivity index (χ4v) is 3.29. The lowest BCUT2D eigenvalue weighted by atomic mass is 9.99. The molecular weight excluding hydrogens is 366 g/mol. The number of hydrogen-bond donors (Lipinski definition) is 2. The summed E-state index contributed by atoms with van der Waals surface area (Å²) < 4.78 is 33.6. The molecule has 0 radical (unpaired) electrons. The first-order chi connectivity index (χ1) is 13.2. The van der Waals surface area contributed by atoms with E-state index in [1.807, 2.05) is 6.92 Å². The Hall–Kier alpha value is -3.03. The number of nitrogens with zero attached hydrogens (tertiary/aromatic N) is 2. The molecule has 3 N–H and O–H groups in total. The van der Waals surface area contributed by atoms with E-state index in [0.717, 1.165) is 31.0 Å². The number of nitrogens with one attached hydrogen (secondary N) is 1. The van der Waals surface area contributed by atoms with Crippen molar-refractivity contribution in [3.8, 4) is 0 Å². The number of amides is 1. The van der Waals surface area contributed by atoms with Crippen LogP contribution in [0.2, 0.25) is 0 Å². The zero-order valence-corrected chi connectivity index (χ0v) is 15.8. The summed E-state index contributed by atoms with van der Waals surface area (Å²) in [6, 6.07) is 3.27. The van der Waals surface area contributed by atoms with Crippen molar-refractivity contribution in [3.63, 3.8) is 0 Å². The summed E-state index contributed by atoms with van der Waals surface area (Å²) in [7, 11) is 0. The van der Waals surface area contributed by atoms with Crippen LogP contribution in [0.1, 0.15) is 60.1 Å². The summed E-state index contributed by atoms with van der Waals surface area (Å²) in [6.07, 6.45) is 1.90. The SMILES string of the molecule is Cc1oc2nc(C(C)c3cc(F)ccc3F)nc(NC3(C)CC3)c2c1C(N)=O. The number of halogens is 2. The summed E-state index contributed by atoms with van der Waals surface area (Å²) in [6.45, 7) is 5.35. The van der Waals surface area contributed by atoms with E-state index in [-0.39, 0.29) is 28.2 Å². The Labute approximate surface area is 160 Å². The summed E-state index contributed by atoms with van der Waals surface area (Å²) in [5, 5.41) is 3.74. The van der Waals surface area contributed by atoms with Gasteiger partial charge in [0.05, 0.1) is 10.9 Å². The van der Waals surface area contributed by atoms with E-state index in [9.17, 15) is 13.6 Å². The van der Waals surface area contributed by atoms with E-state index in [2.05, 4.69) is 15.3 Å². The number of fused-ring (bicyclic) bond motifs is 1. The van der Waals surface area contributed by atoms with Gasteiger partial charge in [0, 0.05) is 17.0 Å². The molecule has 4 rings (SSSR count). The maximum Gasteiger partial charge on any atom is 0.253 e. The van der Waals surface area contributed by atoms with Gasteiger partial charge in [0.25, 0.3) is 5.91 Å². The van der Waals surface area contributed by atoms with Crippen molar-refractivity contribution in [1.29, 1.82) is 0 Å². The van der Waals surface area contributed by atoms with Gasteiger partial charge in [-0.3, -0.25) is 4.79 Å². The molecule has 0 saturated heterocycles. The molecule has 1 amide bonds. The summed E-state index contributed by atoms with van der Waals surface area (Å²) >= 11 is 0. The molecule has 2 heterocycles. The van der Waals surface area contributed by atoms with Gasteiger partial charge in [0.2, 0.25) is 5.71 Å². The summed E-state index contributed by atoms with van der Waals surface area (Å²) in [5.41, 5.74) is 5.93. The second kappa shape index (κ2) is 6.25. The molecule has 1 aromatic carbocycles. The van der Waals surface area contributed by atoms with Gasteiger partial charge in [-0.25, -0.2) is 13.8 Å². The van der Waals surface area contributed by atoms with E-state index in [1.54, 1.807) is 13.8 Å². The molecule has 0 aliphatic heterocycles. The van der Waals surface area contributed by atoms with E-state index >= 15 is 0 Å². The van der Waals surface area contributed by atoms with Gasteiger partial charge in [-0.1, -0.05) is 6.92 Å². The summed E-state index contributed by atoms with van der Waals surface area (Å²) in [5.74, 6) is -1.35. The van der Waals surface area contributed by atoms with Crippen LogP contribution in [-0.4, -0.2) is 21.4 Å². The molecule has 8 heteroatoms. The van der Waals surface area contributed by atoms with E-state index in [0.29, 0.717) is 17.0 Å². The third-order valence-corrected chi connectivity index (χ3v) is 5.22. The van der Waals surface area contributed by atoms with Crippen molar-refractivity contribution in [1.82, 2.24) is 9.97 Å². The third-order valence-electron chi connectivity index (χ3n) is 5.22. The lowest BCUT2D eigenvalue weighted by molar-refractivity contribution is 0.1000. The van der Waals surface area contributed by atoms with Crippen molar-refractivity contribution >= 4 is 22.8 Å². The Bertz CT molecular complexity index is 1110. The maximum absolute atomic E-state index is 14.3. The quantitative estimate of drug-likeness (QED) is 0.691. The number of rotatable bonds is 5. The average Bonchev–Trinajstić information content (AvgIpc) is 3.24. The van der Waals surface area contributed by atoms with Crippen molar-refractivity contribution in [2.24, 2.45) is 5.73 Å². The van der Waals surface area contributed by atoms with Gasteiger partial charge in [-0.05, 0) is 44.9 Å². The topological polar surface area (TPSA) is 94.0 Å². The number of aryl methyl sites for hydroxylation is 1. The molecule has 1 fully saturated rings. The number of furan rings is 1. The van der Waals surface area contributed by atoms with Crippen LogP contribution in [0.15, 0.2) is 22.6 Å². The third kappa shape index (κ3) is 3.08. The van der Waals surface area contributed by atoms with Crippen LogP contribution in [0.4, 0.5) is 14.6 Å². The van der Waals surface area contributed by atoms with Gasteiger partial charge >= 0.3 is 0 Å². The molecule has 1 unspecified atom stereocenters. The van der Waals surface area contributed by atoms with Crippen LogP contribution in [0.25, 0.3) is 11.1 Å². The monoisotopic (exact) mass is 386 g/mol. The van der Waals surface area contributed by atoms with Crippen LogP contribution in [0, 0.1) is 18.6 Å². The molecule has 0 spiro atoms. The highest BCUT2D eigenvalue weighted by atomic mass is 19.1. The number of aromatic nitrogens is 2. The molecular formula is C20H20F2N4O2. The minimum Gasteiger partial charge on any atom is -0.442 e. The first kappa shape index (κ1) is 18.3. The Balaban J connectivity index is 1.90. The first-order valence-corrected chi connectivity index (χ1v) is 9.02. The van der Waals surface area contributed by atoms with Crippen LogP contribution in [0.3, 0.4) is 0 Å². The van der Waals surface area contributed by atoms with Crippen molar-refractivity contribution in [2.45, 2.75) is 45.1 Å². The van der Waals surface area contributed by atoms with Gasteiger partial charge in [0.1, 0.15) is 29.0 Å². The Morgan fingerprint density at radius 3 is 2.68 bits per heavy atom. The smallest absolute Gasteiger partial charge is 0.253 e. The minimum absolute atomic E-state index is 0.140. The zero-order chi connectivity index (χ0) is 20.2. The standard InChI is InChI=1S/C20H20F2N4O2/c1-9(12-8-11(21)4-5-13(12)22)17-24-18(26-20(3)6-7-20)15-14(16(23)27)10(2)28-19(15)25-17/h4-5,8-9H,6-7H2,1-3H3,(H2,23,27)(H,24,25,26). The number of carbonyl (C=O) groups excluding carboxylic acids is 1. The van der Waals surface area contributed by atoms with E-state index in [4.69, 9.17) is 10.2 Å². The average molecular weight is 386 g/mol. The molecule has 1 saturated carbocycles. The number of hydrogen-bond acceptors (Lipinski definition) is 5. The van der Waals surface area contributed by atoms with Crippen LogP contribution >= 0.6 is 0 Å². The van der Waals surface area contributed by atoms with Gasteiger partial charge in [-0.15, -0.1) is 0 Å². The molecule has 146 valence electrons. The largest absolute Gasteiger partial charge is 0.442 e. The highest BCUT2D eigenvalue weighted by molar-refractivity contribution is 6.09. The number of anilines is 1. The lowest BCUT2D eigenvalue weighted by Crippen LogP contribution is -2.20. The molecule has 2 aromatic heterocycles. The molecule has 3 aromatic rings. The Morgan fingerprint density at radius 2 is 2.04 bits per heavy atom. The lowest BCUT2D eigenvalue weighted by Gasteiger charge is -2.17. The van der Waals surface area contributed by atoms with Crippen LogP contribution in [-0.2, 0) is 0 Å². The zero-order valence-electron chi connectivity index (χ0n) is 15.8. The number of benzene rings is 1. The van der Waals surface area contributed by atoms with Crippen LogP contribution < -0.4 is 11.1 Å². The fraction of sp³-hybridized carbons (Fsp3) is 0.350. The van der Waals surface area contributed by atoms with Gasteiger partial charge in [0.15, 0.2) is 0 Å². The number of nitrogens with two attached hydrogens (primary N) is 1. The second-order valence-electron chi connectivity index (χ2n) is 7.58. The summed E-state index contributed by atoms with van der Waals surface area (Å²) in [4.78, 5) is 20.9. The predicted octanol–water partition coefficient (Wildman–Crippen LogP) is 4.02. The highest BCUT2D eigenvalue weighted by Crippen LogP contribution is 2.41. The molecule has 6 nitrogen and oxygen atoms in total. The Kier molecular flexibility index (Phi) is 4.10. The highest BCUT2D eigenvalue weighted by Gasteiger charge is 2.39. The normalized spacial score (nSPS) is 16.2. The van der Waals surface area contributed by atoms with Crippen molar-refractivity contribution < 1.29 is 18.0 Å². The van der Waals surface area contributed by atoms with Gasteiger partial charge in [-0.2, -0.15) is 4.98 Å².